The lowest BCUT2D eigenvalue weighted by Crippen LogP contribution is -2.44. The molecular weight excluding hydrogens is 241 g/mol. The second-order valence-electron chi connectivity index (χ2n) is 5.42. The standard InChI is InChI=1S/C16H24FNO/c1-5-11-18(12-6-2)15(19)16(3,4)13-7-9-14(17)10-8-13/h7-10H,5-6,11-12H2,1-4H3. The first-order chi connectivity index (χ1) is 8.93. The molecule has 0 aliphatic rings. The van der Waals surface area contributed by atoms with Gasteiger partial charge in [-0.25, -0.2) is 4.39 Å². The third-order valence-corrected chi connectivity index (χ3v) is 3.37. The maximum atomic E-state index is 13.0. The van der Waals surface area contributed by atoms with Crippen molar-refractivity contribution >= 4 is 5.91 Å². The van der Waals surface area contributed by atoms with Gasteiger partial charge in [-0.05, 0) is 44.4 Å². The molecule has 3 heteroatoms. The molecule has 1 aromatic rings. The van der Waals surface area contributed by atoms with Crippen LogP contribution < -0.4 is 0 Å². The number of amides is 1. The molecule has 1 rings (SSSR count). The van der Waals surface area contributed by atoms with Gasteiger partial charge < -0.3 is 4.90 Å². The summed E-state index contributed by atoms with van der Waals surface area (Å²) in [6.45, 7) is 9.50. The van der Waals surface area contributed by atoms with Gasteiger partial charge in [-0.2, -0.15) is 0 Å². The highest BCUT2D eigenvalue weighted by Gasteiger charge is 2.33. The molecule has 0 heterocycles. The van der Waals surface area contributed by atoms with Crippen molar-refractivity contribution in [2.45, 2.75) is 46.0 Å². The van der Waals surface area contributed by atoms with E-state index in [9.17, 15) is 9.18 Å². The zero-order valence-corrected chi connectivity index (χ0v) is 12.4. The van der Waals surface area contributed by atoms with Gasteiger partial charge in [0.1, 0.15) is 5.82 Å². The first-order valence-corrected chi connectivity index (χ1v) is 6.98. The molecule has 0 aliphatic carbocycles. The fourth-order valence-electron chi connectivity index (χ4n) is 2.24. The molecule has 0 spiro atoms. The maximum absolute atomic E-state index is 13.0. The van der Waals surface area contributed by atoms with E-state index in [-0.39, 0.29) is 11.7 Å². The fraction of sp³-hybridized carbons (Fsp3) is 0.562. The van der Waals surface area contributed by atoms with Crippen LogP contribution in [0.25, 0.3) is 0 Å². The highest BCUT2D eigenvalue weighted by atomic mass is 19.1. The van der Waals surface area contributed by atoms with Crippen molar-refractivity contribution in [3.05, 3.63) is 35.6 Å². The summed E-state index contributed by atoms with van der Waals surface area (Å²) < 4.78 is 13.0. The van der Waals surface area contributed by atoms with Gasteiger partial charge in [0.2, 0.25) is 5.91 Å². The number of carbonyl (C=O) groups is 1. The van der Waals surface area contributed by atoms with E-state index in [2.05, 4.69) is 13.8 Å². The van der Waals surface area contributed by atoms with E-state index in [0.717, 1.165) is 31.5 Å². The quantitative estimate of drug-likeness (QED) is 0.767. The Labute approximate surface area is 115 Å². The lowest BCUT2D eigenvalue weighted by molar-refractivity contribution is -0.136. The molecule has 0 saturated heterocycles. The molecule has 0 aliphatic heterocycles. The second kappa shape index (κ2) is 6.69. The van der Waals surface area contributed by atoms with Crippen molar-refractivity contribution in [2.75, 3.05) is 13.1 Å². The number of hydrogen-bond donors (Lipinski definition) is 0. The lowest BCUT2D eigenvalue weighted by atomic mass is 9.83. The SMILES string of the molecule is CCCN(CCC)C(=O)C(C)(C)c1ccc(F)cc1. The van der Waals surface area contributed by atoms with E-state index < -0.39 is 5.41 Å². The molecule has 0 N–H and O–H groups in total. The zero-order valence-electron chi connectivity index (χ0n) is 12.4. The Morgan fingerprint density at radius 1 is 1.11 bits per heavy atom. The Morgan fingerprint density at radius 3 is 2.00 bits per heavy atom. The van der Waals surface area contributed by atoms with Crippen LogP contribution in [-0.4, -0.2) is 23.9 Å². The number of nitrogens with zero attached hydrogens (tertiary/aromatic N) is 1. The van der Waals surface area contributed by atoms with Crippen LogP contribution in [0.2, 0.25) is 0 Å². The molecule has 0 bridgehead atoms. The van der Waals surface area contributed by atoms with Gasteiger partial charge in [0, 0.05) is 13.1 Å². The average molecular weight is 265 g/mol. The summed E-state index contributed by atoms with van der Waals surface area (Å²) in [5, 5.41) is 0. The molecule has 106 valence electrons. The molecule has 0 atom stereocenters. The van der Waals surface area contributed by atoms with E-state index >= 15 is 0 Å². The summed E-state index contributed by atoms with van der Waals surface area (Å²) in [5.74, 6) is -0.159. The predicted octanol–water partition coefficient (Wildman–Crippen LogP) is 3.75. The smallest absolute Gasteiger partial charge is 0.232 e. The molecule has 0 fully saturated rings. The van der Waals surface area contributed by atoms with E-state index in [0.29, 0.717) is 0 Å². The minimum Gasteiger partial charge on any atom is -0.342 e. The molecule has 0 saturated carbocycles. The minimum absolute atomic E-state index is 0.114. The van der Waals surface area contributed by atoms with Crippen molar-refractivity contribution in [3.8, 4) is 0 Å². The van der Waals surface area contributed by atoms with E-state index in [1.54, 1.807) is 12.1 Å². The predicted molar refractivity (Wildman–Crippen MR) is 76.6 cm³/mol. The zero-order chi connectivity index (χ0) is 14.5. The van der Waals surface area contributed by atoms with Crippen molar-refractivity contribution in [1.29, 1.82) is 0 Å². The van der Waals surface area contributed by atoms with E-state index in [1.165, 1.54) is 12.1 Å². The normalized spacial score (nSPS) is 11.4. The van der Waals surface area contributed by atoms with Crippen LogP contribution in [0.4, 0.5) is 4.39 Å². The number of carbonyl (C=O) groups excluding carboxylic acids is 1. The van der Waals surface area contributed by atoms with Crippen LogP contribution in [0.1, 0.15) is 46.1 Å². The first kappa shape index (κ1) is 15.7. The number of halogens is 1. The third-order valence-electron chi connectivity index (χ3n) is 3.37. The average Bonchev–Trinajstić information content (AvgIpc) is 2.38. The largest absolute Gasteiger partial charge is 0.342 e. The topological polar surface area (TPSA) is 20.3 Å². The van der Waals surface area contributed by atoms with Crippen molar-refractivity contribution in [3.63, 3.8) is 0 Å². The summed E-state index contributed by atoms with van der Waals surface area (Å²) in [7, 11) is 0. The third kappa shape index (κ3) is 3.79. The molecule has 2 nitrogen and oxygen atoms in total. The van der Waals surface area contributed by atoms with Gasteiger partial charge in [0.25, 0.3) is 0 Å². The monoisotopic (exact) mass is 265 g/mol. The molecule has 0 unspecified atom stereocenters. The highest BCUT2D eigenvalue weighted by molar-refractivity contribution is 5.87. The number of rotatable bonds is 6. The fourth-order valence-corrected chi connectivity index (χ4v) is 2.24. The second-order valence-corrected chi connectivity index (χ2v) is 5.42. The Balaban J connectivity index is 2.96. The number of hydrogen-bond acceptors (Lipinski definition) is 1. The van der Waals surface area contributed by atoms with Gasteiger partial charge in [-0.1, -0.05) is 26.0 Å². The van der Waals surface area contributed by atoms with Crippen LogP contribution >= 0.6 is 0 Å². The molecule has 1 amide bonds. The van der Waals surface area contributed by atoms with Crippen LogP contribution in [0.3, 0.4) is 0 Å². The summed E-state index contributed by atoms with van der Waals surface area (Å²) in [6.07, 6.45) is 1.90. The number of benzene rings is 1. The van der Waals surface area contributed by atoms with Crippen molar-refractivity contribution in [1.82, 2.24) is 4.90 Å². The van der Waals surface area contributed by atoms with Crippen LogP contribution in [0.5, 0.6) is 0 Å². The summed E-state index contributed by atoms with van der Waals surface area (Å²) in [6, 6.07) is 6.22. The van der Waals surface area contributed by atoms with E-state index in [4.69, 9.17) is 0 Å². The van der Waals surface area contributed by atoms with Gasteiger partial charge in [-0.3, -0.25) is 4.79 Å². The maximum Gasteiger partial charge on any atom is 0.232 e. The van der Waals surface area contributed by atoms with Gasteiger partial charge in [0.05, 0.1) is 5.41 Å². The van der Waals surface area contributed by atoms with Gasteiger partial charge >= 0.3 is 0 Å². The Morgan fingerprint density at radius 2 is 1.58 bits per heavy atom. The van der Waals surface area contributed by atoms with Crippen LogP contribution in [-0.2, 0) is 10.2 Å². The molecule has 1 aromatic carbocycles. The highest BCUT2D eigenvalue weighted by Crippen LogP contribution is 2.26. The molecular formula is C16H24FNO. The van der Waals surface area contributed by atoms with E-state index in [1.807, 2.05) is 18.7 Å². The van der Waals surface area contributed by atoms with Crippen LogP contribution in [0, 0.1) is 5.82 Å². The minimum atomic E-state index is -0.613. The molecule has 0 radical (unpaired) electrons. The lowest BCUT2D eigenvalue weighted by Gasteiger charge is -2.32. The Kier molecular flexibility index (Phi) is 5.52. The van der Waals surface area contributed by atoms with Gasteiger partial charge in [-0.15, -0.1) is 0 Å². The summed E-state index contributed by atoms with van der Waals surface area (Å²) in [4.78, 5) is 14.6. The van der Waals surface area contributed by atoms with Crippen LogP contribution in [0.15, 0.2) is 24.3 Å². The van der Waals surface area contributed by atoms with Gasteiger partial charge in [0.15, 0.2) is 0 Å². The summed E-state index contributed by atoms with van der Waals surface area (Å²) >= 11 is 0. The van der Waals surface area contributed by atoms with Crippen molar-refractivity contribution in [2.24, 2.45) is 0 Å². The Hall–Kier alpha value is -1.38. The first-order valence-electron chi connectivity index (χ1n) is 6.98. The van der Waals surface area contributed by atoms with Crippen molar-refractivity contribution < 1.29 is 9.18 Å². The molecule has 0 aromatic heterocycles. The Bertz CT molecular complexity index is 405. The molecule has 19 heavy (non-hydrogen) atoms. The summed E-state index contributed by atoms with van der Waals surface area (Å²) in [5.41, 5.74) is 0.244.